The molecule has 0 saturated carbocycles. The molecule has 0 bridgehead atoms. The number of nitrogens with two attached hydrogens (primary N) is 1. The highest BCUT2D eigenvalue weighted by atomic mass is 19.1. The molecule has 5 nitrogen and oxygen atoms in total. The molecule has 0 aliphatic rings. The number of nitrogens with zero attached hydrogens (tertiary/aromatic N) is 4. The highest BCUT2D eigenvalue weighted by Gasteiger charge is 2.01. The molecule has 2 aromatic heterocycles. The lowest BCUT2D eigenvalue weighted by atomic mass is 10.4. The van der Waals surface area contributed by atoms with Gasteiger partial charge >= 0.3 is 0 Å². The van der Waals surface area contributed by atoms with Crippen LogP contribution in [0.15, 0.2) is 24.7 Å². The Morgan fingerprint density at radius 3 is 2.79 bits per heavy atom. The molecule has 0 radical (unpaired) electrons. The van der Waals surface area contributed by atoms with E-state index in [1.54, 1.807) is 0 Å². The van der Waals surface area contributed by atoms with Gasteiger partial charge in [0, 0.05) is 0 Å². The van der Waals surface area contributed by atoms with Gasteiger partial charge in [-0.05, 0) is 12.1 Å². The Bertz CT molecular complexity index is 422. The van der Waals surface area contributed by atoms with Crippen molar-refractivity contribution < 1.29 is 4.39 Å². The van der Waals surface area contributed by atoms with Gasteiger partial charge in [0.05, 0.1) is 12.7 Å². The third kappa shape index (κ3) is 1.60. The fourth-order valence-electron chi connectivity index (χ4n) is 1.00. The number of hydrogen-bond acceptors (Lipinski definition) is 4. The Kier molecular flexibility index (Phi) is 2.19. The van der Waals surface area contributed by atoms with E-state index in [4.69, 9.17) is 5.73 Å². The minimum atomic E-state index is -0.382. The van der Waals surface area contributed by atoms with Gasteiger partial charge in [0.2, 0.25) is 0 Å². The molecule has 6 heteroatoms. The van der Waals surface area contributed by atoms with Crippen LogP contribution in [0.3, 0.4) is 0 Å². The summed E-state index contributed by atoms with van der Waals surface area (Å²) in [5.41, 5.74) is 5.35. The lowest BCUT2D eigenvalue weighted by molar-refractivity contribution is 0.619. The van der Waals surface area contributed by atoms with Gasteiger partial charge in [0.15, 0.2) is 11.6 Å². The lowest BCUT2D eigenvalue weighted by Gasteiger charge is -1.97. The van der Waals surface area contributed by atoms with Crippen molar-refractivity contribution in [2.24, 2.45) is 5.73 Å². The monoisotopic (exact) mass is 193 g/mol. The van der Waals surface area contributed by atoms with Gasteiger partial charge in [-0.15, -0.1) is 5.10 Å². The Balaban J connectivity index is 2.34. The van der Waals surface area contributed by atoms with Crippen LogP contribution in [0.1, 0.15) is 5.82 Å². The van der Waals surface area contributed by atoms with Crippen LogP contribution in [0, 0.1) is 5.82 Å². The third-order valence-electron chi connectivity index (χ3n) is 1.67. The molecule has 0 unspecified atom stereocenters. The van der Waals surface area contributed by atoms with Gasteiger partial charge < -0.3 is 5.73 Å². The number of hydrogen-bond donors (Lipinski definition) is 1. The van der Waals surface area contributed by atoms with Crippen molar-refractivity contribution in [2.45, 2.75) is 6.54 Å². The first kappa shape index (κ1) is 8.76. The molecule has 0 aromatic carbocycles. The molecule has 2 rings (SSSR count). The largest absolute Gasteiger partial charge is 0.324 e. The van der Waals surface area contributed by atoms with Crippen LogP contribution in [0.2, 0.25) is 0 Å². The van der Waals surface area contributed by atoms with Crippen LogP contribution >= 0.6 is 0 Å². The fraction of sp³-hybridized carbons (Fsp3) is 0.125. The molecule has 72 valence electrons. The summed E-state index contributed by atoms with van der Waals surface area (Å²) >= 11 is 0. The van der Waals surface area contributed by atoms with Crippen molar-refractivity contribution in [1.82, 2.24) is 19.7 Å². The second-order valence-corrected chi connectivity index (χ2v) is 2.64. The normalized spacial score (nSPS) is 10.4. The predicted molar refractivity (Wildman–Crippen MR) is 47.0 cm³/mol. The molecular weight excluding hydrogens is 185 g/mol. The van der Waals surface area contributed by atoms with Gasteiger partial charge in [0.25, 0.3) is 0 Å². The number of pyridine rings is 1. The van der Waals surface area contributed by atoms with Crippen LogP contribution in [0.4, 0.5) is 4.39 Å². The summed E-state index contributed by atoms with van der Waals surface area (Å²) in [4.78, 5) is 7.77. The second kappa shape index (κ2) is 3.51. The highest BCUT2D eigenvalue weighted by molar-refractivity contribution is 5.19. The third-order valence-corrected chi connectivity index (χ3v) is 1.67. The Morgan fingerprint density at radius 1 is 1.36 bits per heavy atom. The van der Waals surface area contributed by atoms with Crippen molar-refractivity contribution in [3.05, 3.63) is 36.3 Å². The van der Waals surface area contributed by atoms with Crippen molar-refractivity contribution >= 4 is 0 Å². The minimum Gasteiger partial charge on any atom is -0.324 e. The van der Waals surface area contributed by atoms with Crippen LogP contribution in [0.25, 0.3) is 5.82 Å². The van der Waals surface area contributed by atoms with Crippen molar-refractivity contribution in [2.75, 3.05) is 0 Å². The molecule has 2 N–H and O–H groups in total. The summed E-state index contributed by atoms with van der Waals surface area (Å²) in [5.74, 6) is 0.655. The summed E-state index contributed by atoms with van der Waals surface area (Å²) in [7, 11) is 0. The SMILES string of the molecule is NCc1ncn(-c2ccc(F)cn2)n1. The zero-order chi connectivity index (χ0) is 9.97. The summed E-state index contributed by atoms with van der Waals surface area (Å²) in [6.07, 6.45) is 2.61. The Hall–Kier alpha value is -1.82. The standard InChI is InChI=1S/C8H8FN5/c9-6-1-2-8(11-4-6)14-5-12-7(3-10)13-14/h1-2,4-5H,3,10H2. The Morgan fingerprint density at radius 2 is 2.21 bits per heavy atom. The van der Waals surface area contributed by atoms with Crippen LogP contribution in [0.5, 0.6) is 0 Å². The summed E-state index contributed by atoms with van der Waals surface area (Å²) in [5, 5.41) is 4.02. The molecular formula is C8H8FN5. The number of rotatable bonds is 2. The first-order valence-corrected chi connectivity index (χ1v) is 4.02. The van der Waals surface area contributed by atoms with Crippen LogP contribution < -0.4 is 5.73 Å². The van der Waals surface area contributed by atoms with E-state index in [1.165, 1.54) is 23.1 Å². The van der Waals surface area contributed by atoms with Crippen molar-refractivity contribution in [3.8, 4) is 5.82 Å². The maximum Gasteiger partial charge on any atom is 0.164 e. The van der Waals surface area contributed by atoms with E-state index in [2.05, 4.69) is 15.1 Å². The molecule has 2 heterocycles. The van der Waals surface area contributed by atoms with Crippen LogP contribution in [-0.2, 0) is 6.54 Å². The predicted octanol–water partition coefficient (Wildman–Crippen LogP) is 0.260. The Labute approximate surface area is 79.4 Å². The van der Waals surface area contributed by atoms with Crippen molar-refractivity contribution in [1.29, 1.82) is 0 Å². The second-order valence-electron chi connectivity index (χ2n) is 2.64. The average Bonchev–Trinajstić information content (AvgIpc) is 2.67. The van der Waals surface area contributed by atoms with Gasteiger partial charge in [-0.25, -0.2) is 19.0 Å². The fourth-order valence-corrected chi connectivity index (χ4v) is 1.00. The maximum atomic E-state index is 12.5. The molecule has 0 aliphatic carbocycles. The zero-order valence-corrected chi connectivity index (χ0v) is 7.26. The van der Waals surface area contributed by atoms with E-state index in [9.17, 15) is 4.39 Å². The van der Waals surface area contributed by atoms with Gasteiger partial charge in [-0.1, -0.05) is 0 Å². The van der Waals surface area contributed by atoms with E-state index in [-0.39, 0.29) is 12.4 Å². The zero-order valence-electron chi connectivity index (χ0n) is 7.26. The number of aromatic nitrogens is 4. The maximum absolute atomic E-state index is 12.5. The highest BCUT2D eigenvalue weighted by Crippen LogP contribution is 2.02. The molecule has 14 heavy (non-hydrogen) atoms. The molecule has 0 fully saturated rings. The van der Waals surface area contributed by atoms with Gasteiger partial charge in [0.1, 0.15) is 12.1 Å². The van der Waals surface area contributed by atoms with E-state index in [0.717, 1.165) is 6.20 Å². The smallest absolute Gasteiger partial charge is 0.164 e. The molecule has 0 saturated heterocycles. The van der Waals surface area contributed by atoms with Gasteiger partial charge in [-0.3, -0.25) is 0 Å². The summed E-state index contributed by atoms with van der Waals surface area (Å²) in [6, 6.07) is 2.83. The van der Waals surface area contributed by atoms with E-state index < -0.39 is 0 Å². The first-order chi connectivity index (χ1) is 6.79. The first-order valence-electron chi connectivity index (χ1n) is 4.02. The molecule has 0 spiro atoms. The minimum absolute atomic E-state index is 0.272. The summed E-state index contributed by atoms with van der Waals surface area (Å²) < 4.78 is 14.0. The molecule has 0 atom stereocenters. The van der Waals surface area contributed by atoms with E-state index >= 15 is 0 Å². The molecule has 0 aliphatic heterocycles. The quantitative estimate of drug-likeness (QED) is 0.742. The molecule has 0 amide bonds. The van der Waals surface area contributed by atoms with Gasteiger partial charge in [-0.2, -0.15) is 0 Å². The summed E-state index contributed by atoms with van der Waals surface area (Å²) in [6.45, 7) is 0.272. The van der Waals surface area contributed by atoms with Crippen molar-refractivity contribution in [3.63, 3.8) is 0 Å². The average molecular weight is 193 g/mol. The topological polar surface area (TPSA) is 69.6 Å². The van der Waals surface area contributed by atoms with Crippen LogP contribution in [-0.4, -0.2) is 19.7 Å². The molecule has 2 aromatic rings. The lowest BCUT2D eigenvalue weighted by Crippen LogP contribution is -2.02. The number of halogens is 1. The van der Waals surface area contributed by atoms with E-state index in [0.29, 0.717) is 11.6 Å². The van der Waals surface area contributed by atoms with E-state index in [1.807, 2.05) is 0 Å².